The highest BCUT2D eigenvalue weighted by atomic mass is 19.1. The number of carbonyl (C=O) groups is 1. The van der Waals surface area contributed by atoms with Gasteiger partial charge in [0.15, 0.2) is 0 Å². The fourth-order valence-corrected chi connectivity index (χ4v) is 1.12. The molecule has 0 aliphatic carbocycles. The van der Waals surface area contributed by atoms with Crippen molar-refractivity contribution < 1.29 is 14.4 Å². The Labute approximate surface area is 91.8 Å². The summed E-state index contributed by atoms with van der Waals surface area (Å²) in [7, 11) is 0. The van der Waals surface area contributed by atoms with Crippen LogP contribution in [0.5, 0.6) is 0 Å². The first-order chi connectivity index (χ1) is 7.52. The van der Waals surface area contributed by atoms with Crippen LogP contribution in [0, 0.1) is 12.7 Å². The van der Waals surface area contributed by atoms with Crippen molar-refractivity contribution in [3.63, 3.8) is 0 Å². The van der Waals surface area contributed by atoms with Crippen molar-refractivity contribution in [1.29, 1.82) is 0 Å². The molecule has 0 radical (unpaired) electrons. The molecular weight excluding hydrogens is 213 g/mol. The minimum absolute atomic E-state index is 0.0707. The Morgan fingerprint density at radius 1 is 1.62 bits per heavy atom. The highest BCUT2D eigenvalue weighted by Gasteiger charge is 2.08. The summed E-state index contributed by atoms with van der Waals surface area (Å²) in [4.78, 5) is 11.3. The number of hydrogen-bond acceptors (Lipinski definition) is 3. The molecule has 0 fully saturated rings. The lowest BCUT2D eigenvalue weighted by Gasteiger charge is -2.06. The molecule has 4 N–H and O–H groups in total. The molecule has 0 aromatic heterocycles. The van der Waals surface area contributed by atoms with E-state index < -0.39 is 11.7 Å². The molecule has 0 saturated carbocycles. The van der Waals surface area contributed by atoms with Crippen LogP contribution in [0.4, 0.5) is 10.1 Å². The molecule has 1 amide bonds. The van der Waals surface area contributed by atoms with Gasteiger partial charge in [0.05, 0.1) is 12.1 Å². The van der Waals surface area contributed by atoms with E-state index in [0.29, 0.717) is 0 Å². The Hall–Kier alpha value is -2.11. The number of amides is 1. The molecule has 0 atom stereocenters. The molecule has 6 heteroatoms. The average molecular weight is 225 g/mol. The van der Waals surface area contributed by atoms with Gasteiger partial charge in [0.25, 0.3) is 0 Å². The van der Waals surface area contributed by atoms with E-state index in [0.717, 1.165) is 5.56 Å². The smallest absolute Gasteiger partial charge is 0.232 e. The van der Waals surface area contributed by atoms with Crippen LogP contribution >= 0.6 is 0 Å². The fourth-order valence-electron chi connectivity index (χ4n) is 1.12. The van der Waals surface area contributed by atoms with Gasteiger partial charge < -0.3 is 16.3 Å². The Morgan fingerprint density at radius 2 is 2.31 bits per heavy atom. The third-order valence-electron chi connectivity index (χ3n) is 1.87. The van der Waals surface area contributed by atoms with E-state index in [1.807, 2.05) is 0 Å². The van der Waals surface area contributed by atoms with Crippen molar-refractivity contribution in [2.45, 2.75) is 13.3 Å². The average Bonchev–Trinajstić information content (AvgIpc) is 2.22. The number of nitrogens with zero attached hydrogens (tertiary/aromatic N) is 1. The maximum atomic E-state index is 13.3. The Kier molecular flexibility index (Phi) is 3.82. The first-order valence-corrected chi connectivity index (χ1v) is 4.55. The van der Waals surface area contributed by atoms with Gasteiger partial charge >= 0.3 is 0 Å². The summed E-state index contributed by atoms with van der Waals surface area (Å²) in [5.74, 6) is -1.30. The zero-order chi connectivity index (χ0) is 12.1. The Morgan fingerprint density at radius 3 is 2.88 bits per heavy atom. The number of anilines is 1. The summed E-state index contributed by atoms with van der Waals surface area (Å²) < 4.78 is 13.3. The molecule has 1 aromatic carbocycles. The highest BCUT2D eigenvalue weighted by Crippen LogP contribution is 2.15. The van der Waals surface area contributed by atoms with Crippen LogP contribution in [0.3, 0.4) is 0 Å². The first kappa shape index (κ1) is 12.0. The number of halogens is 1. The number of rotatable bonds is 3. The lowest BCUT2D eigenvalue weighted by molar-refractivity contribution is -0.115. The van der Waals surface area contributed by atoms with Gasteiger partial charge in [-0.15, -0.1) is 0 Å². The first-order valence-electron chi connectivity index (χ1n) is 4.55. The quantitative estimate of drug-likeness (QED) is 0.312. The summed E-state index contributed by atoms with van der Waals surface area (Å²) in [5.41, 5.74) is 5.96. The van der Waals surface area contributed by atoms with Crippen molar-refractivity contribution >= 4 is 17.4 Å². The second-order valence-corrected chi connectivity index (χ2v) is 3.30. The number of nitrogens with two attached hydrogens (primary N) is 1. The molecular formula is C10H12FN3O2. The van der Waals surface area contributed by atoms with Crippen LogP contribution in [0.2, 0.25) is 0 Å². The van der Waals surface area contributed by atoms with Crippen LogP contribution in [0.25, 0.3) is 0 Å². The molecule has 0 bridgehead atoms. The molecule has 0 heterocycles. The predicted octanol–water partition coefficient (Wildman–Crippen LogP) is 1.21. The number of oxime groups is 1. The number of hydrogen-bond donors (Lipinski definition) is 3. The van der Waals surface area contributed by atoms with E-state index in [1.165, 1.54) is 12.1 Å². The fraction of sp³-hybridized carbons (Fsp3) is 0.200. The zero-order valence-corrected chi connectivity index (χ0v) is 8.70. The van der Waals surface area contributed by atoms with Crippen molar-refractivity contribution in [3.8, 4) is 0 Å². The van der Waals surface area contributed by atoms with Gasteiger partial charge in [0.2, 0.25) is 5.91 Å². The maximum Gasteiger partial charge on any atom is 0.232 e. The molecule has 0 spiro atoms. The molecule has 0 saturated heterocycles. The Bertz CT molecular complexity index is 432. The number of benzene rings is 1. The summed E-state index contributed by atoms with van der Waals surface area (Å²) in [5, 5.41) is 13.2. The summed E-state index contributed by atoms with van der Waals surface area (Å²) >= 11 is 0. The monoisotopic (exact) mass is 225 g/mol. The molecule has 1 aromatic rings. The van der Waals surface area contributed by atoms with E-state index >= 15 is 0 Å². The number of nitrogens with one attached hydrogen (secondary N) is 1. The highest BCUT2D eigenvalue weighted by molar-refractivity contribution is 6.04. The topological polar surface area (TPSA) is 87.7 Å². The zero-order valence-electron chi connectivity index (χ0n) is 8.70. The number of aryl methyl sites for hydroxylation is 1. The predicted molar refractivity (Wildman–Crippen MR) is 57.8 cm³/mol. The molecule has 5 nitrogen and oxygen atoms in total. The maximum absolute atomic E-state index is 13.3. The third-order valence-corrected chi connectivity index (χ3v) is 1.87. The number of amidine groups is 1. The second kappa shape index (κ2) is 5.11. The van der Waals surface area contributed by atoms with Crippen LogP contribution in [-0.4, -0.2) is 17.0 Å². The van der Waals surface area contributed by atoms with E-state index in [4.69, 9.17) is 10.9 Å². The van der Waals surface area contributed by atoms with Crippen LogP contribution < -0.4 is 11.1 Å². The van der Waals surface area contributed by atoms with Gasteiger partial charge in [0.1, 0.15) is 11.7 Å². The molecule has 0 aliphatic rings. The summed E-state index contributed by atoms with van der Waals surface area (Å²) in [6.45, 7) is 1.74. The van der Waals surface area contributed by atoms with Gasteiger partial charge in [-0.05, 0) is 24.6 Å². The SMILES string of the molecule is Cc1ccc(NC(=O)C/C(N)=N/O)c(F)c1. The lowest BCUT2D eigenvalue weighted by atomic mass is 10.2. The van der Waals surface area contributed by atoms with Gasteiger partial charge in [-0.25, -0.2) is 4.39 Å². The summed E-state index contributed by atoms with van der Waals surface area (Å²) in [6.07, 6.45) is -0.288. The normalized spacial score (nSPS) is 11.2. The van der Waals surface area contributed by atoms with Crippen molar-refractivity contribution in [3.05, 3.63) is 29.6 Å². The molecule has 0 aliphatic heterocycles. The Balaban J connectivity index is 2.70. The van der Waals surface area contributed by atoms with Crippen LogP contribution in [0.15, 0.2) is 23.4 Å². The van der Waals surface area contributed by atoms with Crippen molar-refractivity contribution in [2.75, 3.05) is 5.32 Å². The molecule has 1 rings (SSSR count). The molecule has 0 unspecified atom stereocenters. The van der Waals surface area contributed by atoms with E-state index in [9.17, 15) is 9.18 Å². The summed E-state index contributed by atoms with van der Waals surface area (Å²) in [6, 6.07) is 4.43. The minimum Gasteiger partial charge on any atom is -0.409 e. The third kappa shape index (κ3) is 3.23. The van der Waals surface area contributed by atoms with E-state index in [2.05, 4.69) is 10.5 Å². The van der Waals surface area contributed by atoms with Crippen molar-refractivity contribution in [1.82, 2.24) is 0 Å². The van der Waals surface area contributed by atoms with Gasteiger partial charge in [-0.2, -0.15) is 0 Å². The van der Waals surface area contributed by atoms with E-state index in [-0.39, 0.29) is 17.9 Å². The van der Waals surface area contributed by atoms with Crippen LogP contribution in [0.1, 0.15) is 12.0 Å². The largest absolute Gasteiger partial charge is 0.409 e. The lowest BCUT2D eigenvalue weighted by Crippen LogP contribution is -2.22. The van der Waals surface area contributed by atoms with Gasteiger partial charge in [-0.3, -0.25) is 4.79 Å². The minimum atomic E-state index is -0.543. The molecule has 16 heavy (non-hydrogen) atoms. The van der Waals surface area contributed by atoms with Crippen LogP contribution in [-0.2, 0) is 4.79 Å². The van der Waals surface area contributed by atoms with Gasteiger partial charge in [-0.1, -0.05) is 11.2 Å². The standard InChI is InChI=1S/C10H12FN3O2/c1-6-2-3-8(7(11)4-6)13-10(15)5-9(12)14-16/h2-4,16H,5H2,1H3,(H2,12,14)(H,13,15). The molecule has 86 valence electrons. The van der Waals surface area contributed by atoms with Crippen molar-refractivity contribution in [2.24, 2.45) is 10.9 Å². The van der Waals surface area contributed by atoms with E-state index in [1.54, 1.807) is 13.0 Å². The van der Waals surface area contributed by atoms with Gasteiger partial charge in [0, 0.05) is 0 Å². The number of carbonyl (C=O) groups excluding carboxylic acids is 1. The second-order valence-electron chi connectivity index (χ2n) is 3.30.